The molecule has 0 aromatic heterocycles. The molecule has 0 saturated heterocycles. The summed E-state index contributed by atoms with van der Waals surface area (Å²) in [5.74, 6) is -1.48. The predicted molar refractivity (Wildman–Crippen MR) is 82.0 cm³/mol. The van der Waals surface area contributed by atoms with E-state index < -0.39 is 35.9 Å². The van der Waals surface area contributed by atoms with Gasteiger partial charge >= 0.3 is 5.97 Å². The van der Waals surface area contributed by atoms with E-state index >= 15 is 0 Å². The van der Waals surface area contributed by atoms with Gasteiger partial charge in [-0.15, -0.1) is 0 Å². The Bertz CT molecular complexity index is 355. The number of rotatable bonds is 9. The molecular formula is C11H21N3O4S2. The number of carbonyl (C=O) groups excluding carboxylic acids is 2. The topological polar surface area (TPSA) is 122 Å². The SMILES string of the molecule is CSCCC(N)C(=O)NC(C)C(=O)NC(CS)C(=O)O. The van der Waals surface area contributed by atoms with Crippen molar-refractivity contribution in [3.63, 3.8) is 0 Å². The molecule has 7 nitrogen and oxygen atoms in total. The van der Waals surface area contributed by atoms with Crippen molar-refractivity contribution in [1.82, 2.24) is 10.6 Å². The summed E-state index contributed by atoms with van der Waals surface area (Å²) in [4.78, 5) is 34.2. The zero-order valence-electron chi connectivity index (χ0n) is 11.5. The van der Waals surface area contributed by atoms with Crippen molar-refractivity contribution in [2.24, 2.45) is 5.73 Å². The molecule has 9 heteroatoms. The van der Waals surface area contributed by atoms with Gasteiger partial charge in [-0.1, -0.05) is 0 Å². The Morgan fingerprint density at radius 1 is 1.30 bits per heavy atom. The van der Waals surface area contributed by atoms with Gasteiger partial charge in [0, 0.05) is 5.75 Å². The maximum Gasteiger partial charge on any atom is 0.327 e. The van der Waals surface area contributed by atoms with Gasteiger partial charge in [0.25, 0.3) is 0 Å². The van der Waals surface area contributed by atoms with E-state index in [0.29, 0.717) is 6.42 Å². The molecule has 5 N–H and O–H groups in total. The molecule has 0 aliphatic carbocycles. The van der Waals surface area contributed by atoms with E-state index in [4.69, 9.17) is 10.8 Å². The fraction of sp³-hybridized carbons (Fsp3) is 0.727. The molecule has 0 aromatic rings. The van der Waals surface area contributed by atoms with Gasteiger partial charge in [-0.25, -0.2) is 4.79 Å². The first-order valence-electron chi connectivity index (χ1n) is 6.02. The highest BCUT2D eigenvalue weighted by Crippen LogP contribution is 1.99. The minimum Gasteiger partial charge on any atom is -0.480 e. The Morgan fingerprint density at radius 3 is 2.35 bits per heavy atom. The summed E-state index contributed by atoms with van der Waals surface area (Å²) in [6.45, 7) is 1.46. The standard InChI is InChI=1S/C11H21N3O4S2/c1-6(9(15)14-8(5-19)11(17)18)13-10(16)7(12)3-4-20-2/h6-8,19H,3-5,12H2,1-2H3,(H,13,16)(H,14,15)(H,17,18). The Morgan fingerprint density at radius 2 is 1.90 bits per heavy atom. The van der Waals surface area contributed by atoms with Crippen LogP contribution in [0.3, 0.4) is 0 Å². The minimum atomic E-state index is -1.18. The van der Waals surface area contributed by atoms with Crippen molar-refractivity contribution in [2.75, 3.05) is 17.8 Å². The number of nitrogens with one attached hydrogen (secondary N) is 2. The molecule has 0 spiro atoms. The summed E-state index contributed by atoms with van der Waals surface area (Å²) in [5.41, 5.74) is 5.66. The molecule has 3 unspecified atom stereocenters. The summed E-state index contributed by atoms with van der Waals surface area (Å²) in [6, 6.07) is -2.63. The number of amides is 2. The van der Waals surface area contributed by atoms with E-state index in [-0.39, 0.29) is 5.75 Å². The number of aliphatic carboxylic acids is 1. The highest BCUT2D eigenvalue weighted by Gasteiger charge is 2.24. The van der Waals surface area contributed by atoms with Crippen molar-refractivity contribution in [3.8, 4) is 0 Å². The summed E-state index contributed by atoms with van der Waals surface area (Å²) in [7, 11) is 0. The van der Waals surface area contributed by atoms with Crippen molar-refractivity contribution < 1.29 is 19.5 Å². The van der Waals surface area contributed by atoms with E-state index in [1.165, 1.54) is 6.92 Å². The van der Waals surface area contributed by atoms with Crippen LogP contribution in [0.25, 0.3) is 0 Å². The smallest absolute Gasteiger partial charge is 0.327 e. The lowest BCUT2D eigenvalue weighted by atomic mass is 10.2. The fourth-order valence-corrected chi connectivity index (χ4v) is 1.98. The van der Waals surface area contributed by atoms with Crippen molar-refractivity contribution in [3.05, 3.63) is 0 Å². The molecule has 0 saturated carbocycles. The summed E-state index contributed by atoms with van der Waals surface area (Å²) in [5, 5.41) is 13.5. The Balaban J connectivity index is 4.31. The van der Waals surface area contributed by atoms with Crippen LogP contribution in [0.4, 0.5) is 0 Å². The number of nitrogens with two attached hydrogens (primary N) is 1. The van der Waals surface area contributed by atoms with Crippen LogP contribution < -0.4 is 16.4 Å². The van der Waals surface area contributed by atoms with Gasteiger partial charge in [-0.2, -0.15) is 24.4 Å². The monoisotopic (exact) mass is 323 g/mol. The lowest BCUT2D eigenvalue weighted by Gasteiger charge is -2.19. The predicted octanol–water partition coefficient (Wildman–Crippen LogP) is -0.929. The second kappa shape index (κ2) is 9.89. The molecule has 0 aliphatic rings. The fourth-order valence-electron chi connectivity index (χ4n) is 1.24. The highest BCUT2D eigenvalue weighted by molar-refractivity contribution is 7.98. The van der Waals surface area contributed by atoms with Crippen LogP contribution in [0.2, 0.25) is 0 Å². The van der Waals surface area contributed by atoms with Gasteiger partial charge in [0.15, 0.2) is 0 Å². The Hall–Kier alpha value is -0.930. The molecule has 0 heterocycles. The third-order valence-corrected chi connectivity index (χ3v) is 3.53. The number of thioether (sulfide) groups is 1. The van der Waals surface area contributed by atoms with Crippen LogP contribution in [0, 0.1) is 0 Å². The van der Waals surface area contributed by atoms with Crippen LogP contribution in [0.15, 0.2) is 0 Å². The molecule has 0 bridgehead atoms. The van der Waals surface area contributed by atoms with Gasteiger partial charge in [-0.3, -0.25) is 9.59 Å². The van der Waals surface area contributed by atoms with Crippen LogP contribution in [0.1, 0.15) is 13.3 Å². The van der Waals surface area contributed by atoms with Gasteiger partial charge in [0.05, 0.1) is 6.04 Å². The quantitative estimate of drug-likeness (QED) is 0.350. The highest BCUT2D eigenvalue weighted by atomic mass is 32.2. The van der Waals surface area contributed by atoms with Crippen LogP contribution in [-0.4, -0.2) is 58.8 Å². The molecule has 0 rings (SSSR count). The molecule has 116 valence electrons. The lowest BCUT2D eigenvalue weighted by molar-refractivity contribution is -0.141. The lowest BCUT2D eigenvalue weighted by Crippen LogP contribution is -2.53. The maximum absolute atomic E-state index is 11.7. The molecule has 2 amide bonds. The summed E-state index contributed by atoms with van der Waals surface area (Å²) in [6.07, 6.45) is 2.42. The van der Waals surface area contributed by atoms with Crippen molar-refractivity contribution in [1.29, 1.82) is 0 Å². The average Bonchev–Trinajstić information content (AvgIpc) is 2.40. The number of hydrogen-bond donors (Lipinski definition) is 5. The number of thiol groups is 1. The Labute approximate surface area is 127 Å². The molecule has 0 fully saturated rings. The molecule has 20 heavy (non-hydrogen) atoms. The van der Waals surface area contributed by atoms with Crippen molar-refractivity contribution in [2.45, 2.75) is 31.5 Å². The molecule has 0 radical (unpaired) electrons. The van der Waals surface area contributed by atoms with Gasteiger partial charge in [0.2, 0.25) is 11.8 Å². The van der Waals surface area contributed by atoms with Gasteiger partial charge in [-0.05, 0) is 25.4 Å². The zero-order valence-corrected chi connectivity index (χ0v) is 13.2. The number of carboxylic acids is 1. The third kappa shape index (κ3) is 7.01. The molecule has 3 atom stereocenters. The summed E-state index contributed by atoms with van der Waals surface area (Å²) >= 11 is 5.41. The van der Waals surface area contributed by atoms with Gasteiger partial charge < -0.3 is 21.5 Å². The van der Waals surface area contributed by atoms with Gasteiger partial charge in [0.1, 0.15) is 12.1 Å². The third-order valence-electron chi connectivity index (χ3n) is 2.52. The first-order chi connectivity index (χ1) is 9.33. The first kappa shape index (κ1) is 19.1. The second-order valence-electron chi connectivity index (χ2n) is 4.20. The maximum atomic E-state index is 11.7. The number of carbonyl (C=O) groups is 3. The molecule has 0 aliphatic heterocycles. The first-order valence-corrected chi connectivity index (χ1v) is 8.05. The molecular weight excluding hydrogens is 302 g/mol. The van der Waals surface area contributed by atoms with Crippen molar-refractivity contribution >= 4 is 42.2 Å². The van der Waals surface area contributed by atoms with E-state index in [2.05, 4.69) is 23.3 Å². The number of hydrogen-bond acceptors (Lipinski definition) is 6. The van der Waals surface area contributed by atoms with E-state index in [1.54, 1.807) is 11.8 Å². The zero-order chi connectivity index (χ0) is 15.7. The van der Waals surface area contributed by atoms with Crippen LogP contribution >= 0.6 is 24.4 Å². The second-order valence-corrected chi connectivity index (χ2v) is 5.55. The Kier molecular flexibility index (Phi) is 9.43. The van der Waals surface area contributed by atoms with Crippen LogP contribution in [-0.2, 0) is 14.4 Å². The van der Waals surface area contributed by atoms with E-state index in [1.807, 2.05) is 6.26 Å². The largest absolute Gasteiger partial charge is 0.480 e. The molecule has 0 aromatic carbocycles. The summed E-state index contributed by atoms with van der Waals surface area (Å²) < 4.78 is 0. The average molecular weight is 323 g/mol. The van der Waals surface area contributed by atoms with E-state index in [9.17, 15) is 14.4 Å². The van der Waals surface area contributed by atoms with Crippen LogP contribution in [0.5, 0.6) is 0 Å². The minimum absolute atomic E-state index is 0.0328. The van der Waals surface area contributed by atoms with E-state index in [0.717, 1.165) is 5.75 Å². The number of carboxylic acid groups (broad SMARTS) is 1. The normalized spacial score (nSPS) is 15.0.